The number of furan rings is 1. The number of aliphatic carboxylic acids is 1. The first-order valence-corrected chi connectivity index (χ1v) is 7.86. The maximum atomic E-state index is 13.3. The van der Waals surface area contributed by atoms with E-state index in [1.807, 2.05) is 0 Å². The second-order valence-electron chi connectivity index (χ2n) is 5.91. The van der Waals surface area contributed by atoms with E-state index in [0.29, 0.717) is 18.7 Å². The fourth-order valence-corrected chi connectivity index (χ4v) is 3.23. The number of amides is 1. The van der Waals surface area contributed by atoms with E-state index in [2.05, 4.69) is 0 Å². The van der Waals surface area contributed by atoms with Crippen LogP contribution in [0.5, 0.6) is 0 Å². The SMILES string of the molecule is O=C(O)C1CCC(=O)N(CCc2cccc(F)c2)C1c1ccco1. The molecule has 2 heterocycles. The summed E-state index contributed by atoms with van der Waals surface area (Å²) in [5, 5.41) is 9.50. The van der Waals surface area contributed by atoms with E-state index in [0.717, 1.165) is 5.56 Å². The quantitative estimate of drug-likeness (QED) is 0.914. The number of likely N-dealkylation sites (tertiary alicyclic amines) is 1. The van der Waals surface area contributed by atoms with Crippen LogP contribution in [0.4, 0.5) is 4.39 Å². The normalized spacial score (nSPS) is 21.0. The monoisotopic (exact) mass is 331 g/mol. The average molecular weight is 331 g/mol. The zero-order chi connectivity index (χ0) is 17.1. The van der Waals surface area contributed by atoms with Gasteiger partial charge in [0.2, 0.25) is 5.91 Å². The topological polar surface area (TPSA) is 70.8 Å². The van der Waals surface area contributed by atoms with Crippen molar-refractivity contribution in [3.05, 3.63) is 59.8 Å². The van der Waals surface area contributed by atoms with Gasteiger partial charge in [0.25, 0.3) is 0 Å². The maximum Gasteiger partial charge on any atom is 0.309 e. The molecule has 1 aliphatic heterocycles. The zero-order valence-electron chi connectivity index (χ0n) is 13.0. The summed E-state index contributed by atoms with van der Waals surface area (Å²) in [6.45, 7) is 0.317. The molecule has 24 heavy (non-hydrogen) atoms. The molecule has 1 amide bonds. The highest BCUT2D eigenvalue weighted by Gasteiger charge is 2.41. The highest BCUT2D eigenvalue weighted by atomic mass is 19.1. The van der Waals surface area contributed by atoms with Gasteiger partial charge in [0.15, 0.2) is 0 Å². The molecule has 2 atom stereocenters. The molecule has 3 rings (SSSR count). The van der Waals surface area contributed by atoms with Crippen LogP contribution in [0, 0.1) is 11.7 Å². The molecule has 1 aromatic carbocycles. The molecule has 2 aromatic rings. The number of carboxylic acids is 1. The largest absolute Gasteiger partial charge is 0.481 e. The van der Waals surface area contributed by atoms with E-state index in [1.165, 1.54) is 18.4 Å². The number of piperidine rings is 1. The fraction of sp³-hybridized carbons (Fsp3) is 0.333. The smallest absolute Gasteiger partial charge is 0.309 e. The Kier molecular flexibility index (Phi) is 4.64. The van der Waals surface area contributed by atoms with Crippen molar-refractivity contribution in [2.45, 2.75) is 25.3 Å². The van der Waals surface area contributed by atoms with Gasteiger partial charge in [-0.15, -0.1) is 0 Å². The third-order valence-electron chi connectivity index (χ3n) is 4.39. The third-order valence-corrected chi connectivity index (χ3v) is 4.39. The first kappa shape index (κ1) is 16.2. The van der Waals surface area contributed by atoms with Crippen molar-refractivity contribution in [2.24, 2.45) is 5.92 Å². The van der Waals surface area contributed by atoms with Crippen molar-refractivity contribution < 1.29 is 23.5 Å². The van der Waals surface area contributed by atoms with Gasteiger partial charge < -0.3 is 14.4 Å². The van der Waals surface area contributed by atoms with Crippen LogP contribution in [-0.2, 0) is 16.0 Å². The molecule has 0 saturated carbocycles. The molecule has 0 spiro atoms. The Bertz CT molecular complexity index is 728. The van der Waals surface area contributed by atoms with Crippen LogP contribution in [0.25, 0.3) is 0 Å². The lowest BCUT2D eigenvalue weighted by Gasteiger charge is -2.38. The van der Waals surface area contributed by atoms with Crippen molar-refractivity contribution in [3.63, 3.8) is 0 Å². The van der Waals surface area contributed by atoms with E-state index < -0.39 is 17.9 Å². The van der Waals surface area contributed by atoms with Crippen molar-refractivity contribution in [2.75, 3.05) is 6.54 Å². The summed E-state index contributed by atoms with van der Waals surface area (Å²) in [7, 11) is 0. The molecule has 1 N–H and O–H groups in total. The number of halogens is 1. The van der Waals surface area contributed by atoms with Gasteiger partial charge in [0, 0.05) is 13.0 Å². The number of rotatable bonds is 5. The van der Waals surface area contributed by atoms with Gasteiger partial charge in [-0.2, -0.15) is 0 Å². The van der Waals surface area contributed by atoms with Crippen LogP contribution in [0.15, 0.2) is 47.1 Å². The van der Waals surface area contributed by atoms with Crippen LogP contribution >= 0.6 is 0 Å². The Morgan fingerprint density at radius 3 is 2.83 bits per heavy atom. The number of carbonyl (C=O) groups is 2. The Balaban J connectivity index is 1.84. The molecule has 0 radical (unpaired) electrons. The Hall–Kier alpha value is -2.63. The molecule has 1 aromatic heterocycles. The number of carboxylic acid groups (broad SMARTS) is 1. The molecule has 1 fully saturated rings. The summed E-state index contributed by atoms with van der Waals surface area (Å²) >= 11 is 0. The predicted octanol–water partition coefficient (Wildman–Crippen LogP) is 3.03. The number of hydrogen-bond acceptors (Lipinski definition) is 3. The molecule has 126 valence electrons. The lowest BCUT2D eigenvalue weighted by molar-refractivity contribution is -0.152. The van der Waals surface area contributed by atoms with Gasteiger partial charge in [-0.25, -0.2) is 4.39 Å². The van der Waals surface area contributed by atoms with Crippen LogP contribution < -0.4 is 0 Å². The standard InChI is InChI=1S/C18H18FNO4/c19-13-4-1-3-12(11-13)8-9-20-16(21)7-6-14(18(22)23)17(20)15-5-2-10-24-15/h1-5,10-11,14,17H,6-9H2,(H,22,23). The van der Waals surface area contributed by atoms with Gasteiger partial charge >= 0.3 is 5.97 Å². The van der Waals surface area contributed by atoms with Gasteiger partial charge in [-0.1, -0.05) is 12.1 Å². The third kappa shape index (κ3) is 3.32. The van der Waals surface area contributed by atoms with Gasteiger partial charge in [0.1, 0.15) is 17.6 Å². The number of nitrogens with zero attached hydrogens (tertiary/aromatic N) is 1. The lowest BCUT2D eigenvalue weighted by Crippen LogP contribution is -2.46. The summed E-state index contributed by atoms with van der Waals surface area (Å²) in [4.78, 5) is 25.5. The molecule has 0 aliphatic carbocycles. The molecule has 5 nitrogen and oxygen atoms in total. The minimum absolute atomic E-state index is 0.106. The number of carbonyl (C=O) groups excluding carboxylic acids is 1. The van der Waals surface area contributed by atoms with Gasteiger partial charge in [0.05, 0.1) is 12.2 Å². The van der Waals surface area contributed by atoms with Crippen molar-refractivity contribution >= 4 is 11.9 Å². The average Bonchev–Trinajstić information content (AvgIpc) is 3.07. The highest BCUT2D eigenvalue weighted by molar-refractivity contribution is 5.81. The molecule has 2 unspecified atom stereocenters. The first-order chi connectivity index (χ1) is 11.6. The second-order valence-corrected chi connectivity index (χ2v) is 5.91. The highest BCUT2D eigenvalue weighted by Crippen LogP contribution is 2.37. The Morgan fingerprint density at radius 1 is 1.33 bits per heavy atom. The summed E-state index contributed by atoms with van der Waals surface area (Å²) in [5.41, 5.74) is 0.762. The summed E-state index contributed by atoms with van der Waals surface area (Å²) in [5.74, 6) is -1.62. The maximum absolute atomic E-state index is 13.3. The van der Waals surface area contributed by atoms with Crippen LogP contribution in [0.2, 0.25) is 0 Å². The van der Waals surface area contributed by atoms with E-state index in [9.17, 15) is 19.1 Å². The van der Waals surface area contributed by atoms with Crippen LogP contribution in [-0.4, -0.2) is 28.4 Å². The molecular formula is C18H18FNO4. The summed E-state index contributed by atoms with van der Waals surface area (Å²) < 4.78 is 18.7. The number of hydrogen-bond donors (Lipinski definition) is 1. The first-order valence-electron chi connectivity index (χ1n) is 7.86. The zero-order valence-corrected chi connectivity index (χ0v) is 13.0. The summed E-state index contributed by atoms with van der Waals surface area (Å²) in [6, 6.07) is 8.92. The molecule has 1 saturated heterocycles. The summed E-state index contributed by atoms with van der Waals surface area (Å²) in [6.07, 6.45) is 2.40. The molecule has 6 heteroatoms. The van der Waals surface area contributed by atoms with Crippen molar-refractivity contribution in [1.82, 2.24) is 4.90 Å². The van der Waals surface area contributed by atoms with Crippen molar-refractivity contribution in [1.29, 1.82) is 0 Å². The minimum Gasteiger partial charge on any atom is -0.481 e. The number of benzene rings is 1. The van der Waals surface area contributed by atoms with E-state index in [1.54, 1.807) is 29.2 Å². The minimum atomic E-state index is -0.945. The molecular weight excluding hydrogens is 313 g/mol. The van der Waals surface area contributed by atoms with E-state index in [4.69, 9.17) is 4.42 Å². The van der Waals surface area contributed by atoms with Crippen molar-refractivity contribution in [3.8, 4) is 0 Å². The van der Waals surface area contributed by atoms with E-state index >= 15 is 0 Å². The fourth-order valence-electron chi connectivity index (χ4n) is 3.23. The molecule has 1 aliphatic rings. The van der Waals surface area contributed by atoms with Crippen LogP contribution in [0.1, 0.15) is 30.2 Å². The lowest BCUT2D eigenvalue weighted by atomic mass is 9.87. The second kappa shape index (κ2) is 6.86. The predicted molar refractivity (Wildman–Crippen MR) is 83.6 cm³/mol. The Morgan fingerprint density at radius 2 is 2.17 bits per heavy atom. The van der Waals surface area contributed by atoms with E-state index in [-0.39, 0.29) is 24.6 Å². The van der Waals surface area contributed by atoms with Gasteiger partial charge in [-0.3, -0.25) is 9.59 Å². The molecule has 0 bridgehead atoms. The Labute approximate surface area is 138 Å². The van der Waals surface area contributed by atoms with Crippen LogP contribution in [0.3, 0.4) is 0 Å². The van der Waals surface area contributed by atoms with Gasteiger partial charge in [-0.05, 0) is 42.7 Å².